The number of allylic oxidation sites excluding steroid dienone is 2. The third kappa shape index (κ3) is 5.41. The lowest BCUT2D eigenvalue weighted by Crippen LogP contribution is -1.63. The van der Waals surface area contributed by atoms with Gasteiger partial charge in [0.05, 0.1) is 0 Å². The van der Waals surface area contributed by atoms with E-state index in [9.17, 15) is 4.79 Å². The molecule has 1 nitrogen and oxygen atoms in total. The van der Waals surface area contributed by atoms with Crippen molar-refractivity contribution in [3.63, 3.8) is 0 Å². The lowest BCUT2D eigenvalue weighted by Gasteiger charge is -1.72. The van der Waals surface area contributed by atoms with E-state index in [0.717, 1.165) is 12.7 Å². The number of rotatable bonds is 3. The van der Waals surface area contributed by atoms with E-state index < -0.39 is 0 Å². The van der Waals surface area contributed by atoms with Crippen molar-refractivity contribution >= 4 is 6.29 Å². The van der Waals surface area contributed by atoms with Gasteiger partial charge in [0.2, 0.25) is 0 Å². The van der Waals surface area contributed by atoms with Crippen molar-refractivity contribution in [1.82, 2.24) is 0 Å². The summed E-state index contributed by atoms with van der Waals surface area (Å²) in [5, 5.41) is 0. The molecule has 0 heterocycles. The fraction of sp³-hybridized carbons (Fsp3) is 0.500. The second-order valence-corrected chi connectivity index (χ2v) is 1.28. The van der Waals surface area contributed by atoms with Crippen LogP contribution in [0.3, 0.4) is 0 Å². The Morgan fingerprint density at radius 3 is 2.57 bits per heavy atom. The standard InChI is InChI=1S/C6H10O/c1-2-3-4-5-6-7/h3-4,6H,2,5H2,1H3/b4-3+. The van der Waals surface area contributed by atoms with E-state index >= 15 is 0 Å². The second-order valence-electron chi connectivity index (χ2n) is 1.28. The van der Waals surface area contributed by atoms with Crippen molar-refractivity contribution in [3.8, 4) is 0 Å². The van der Waals surface area contributed by atoms with E-state index in [1.165, 1.54) is 0 Å². The highest BCUT2D eigenvalue weighted by molar-refractivity contribution is 5.51. The van der Waals surface area contributed by atoms with Gasteiger partial charge in [0.25, 0.3) is 0 Å². The second kappa shape index (κ2) is 5.41. The Morgan fingerprint density at radius 2 is 2.14 bits per heavy atom. The van der Waals surface area contributed by atoms with Crippen molar-refractivity contribution in [3.05, 3.63) is 12.2 Å². The first-order chi connectivity index (χ1) is 3.41. The molecule has 0 saturated heterocycles. The van der Waals surface area contributed by atoms with Crippen LogP contribution >= 0.6 is 0 Å². The van der Waals surface area contributed by atoms with Crippen LogP contribution in [-0.2, 0) is 4.79 Å². The van der Waals surface area contributed by atoms with Gasteiger partial charge >= 0.3 is 0 Å². The molecule has 0 aliphatic heterocycles. The fourth-order valence-electron chi connectivity index (χ4n) is 0.318. The fourth-order valence-corrected chi connectivity index (χ4v) is 0.318. The minimum absolute atomic E-state index is 0.563. The van der Waals surface area contributed by atoms with E-state index in [-0.39, 0.29) is 0 Å². The van der Waals surface area contributed by atoms with Gasteiger partial charge < -0.3 is 4.79 Å². The molecular formula is C6H10O. The smallest absolute Gasteiger partial charge is 0.123 e. The molecule has 0 N–H and O–H groups in total. The van der Waals surface area contributed by atoms with Gasteiger partial charge in [0.15, 0.2) is 0 Å². The zero-order chi connectivity index (χ0) is 5.54. The normalized spacial score (nSPS) is 9.86. The molecular weight excluding hydrogens is 88.1 g/mol. The van der Waals surface area contributed by atoms with E-state index in [1.54, 1.807) is 0 Å². The van der Waals surface area contributed by atoms with Crippen LogP contribution in [0.1, 0.15) is 19.8 Å². The molecule has 0 rings (SSSR count). The van der Waals surface area contributed by atoms with Crippen molar-refractivity contribution in [2.75, 3.05) is 0 Å². The van der Waals surface area contributed by atoms with E-state index in [0.29, 0.717) is 6.42 Å². The lowest BCUT2D eigenvalue weighted by atomic mass is 10.3. The molecule has 0 aliphatic rings. The van der Waals surface area contributed by atoms with Gasteiger partial charge in [-0.15, -0.1) is 0 Å². The molecule has 0 aromatic heterocycles. The van der Waals surface area contributed by atoms with Crippen LogP contribution in [0.15, 0.2) is 12.2 Å². The van der Waals surface area contributed by atoms with Crippen molar-refractivity contribution in [1.29, 1.82) is 0 Å². The zero-order valence-corrected chi connectivity index (χ0v) is 4.55. The Kier molecular flexibility index (Phi) is 4.95. The highest BCUT2D eigenvalue weighted by Crippen LogP contribution is 1.80. The molecule has 7 heavy (non-hydrogen) atoms. The molecule has 1 heteroatoms. The monoisotopic (exact) mass is 98.1 g/mol. The van der Waals surface area contributed by atoms with Crippen LogP contribution in [0.2, 0.25) is 0 Å². The molecule has 0 aromatic carbocycles. The molecule has 40 valence electrons. The van der Waals surface area contributed by atoms with Gasteiger partial charge in [0, 0.05) is 6.42 Å². The molecule has 0 fully saturated rings. The summed E-state index contributed by atoms with van der Waals surface area (Å²) in [6.07, 6.45) is 6.33. The first kappa shape index (κ1) is 6.41. The number of carbonyl (C=O) groups is 1. The molecule has 0 aliphatic carbocycles. The van der Waals surface area contributed by atoms with Crippen molar-refractivity contribution in [2.24, 2.45) is 0 Å². The van der Waals surface area contributed by atoms with Crippen LogP contribution < -0.4 is 0 Å². The van der Waals surface area contributed by atoms with Crippen LogP contribution in [0.5, 0.6) is 0 Å². The Morgan fingerprint density at radius 1 is 1.43 bits per heavy atom. The summed E-state index contributed by atoms with van der Waals surface area (Å²) in [7, 11) is 0. The predicted molar refractivity (Wildman–Crippen MR) is 30.1 cm³/mol. The summed E-state index contributed by atoms with van der Waals surface area (Å²) in [5.74, 6) is 0. The van der Waals surface area contributed by atoms with Crippen LogP contribution in [0.4, 0.5) is 0 Å². The van der Waals surface area contributed by atoms with Crippen LogP contribution in [-0.4, -0.2) is 6.29 Å². The maximum atomic E-state index is 9.63. The molecule has 0 spiro atoms. The Hall–Kier alpha value is -0.590. The third-order valence-electron chi connectivity index (χ3n) is 0.635. The number of hydrogen-bond donors (Lipinski definition) is 0. The molecule has 0 unspecified atom stereocenters. The lowest BCUT2D eigenvalue weighted by molar-refractivity contribution is -0.107. The van der Waals surface area contributed by atoms with Gasteiger partial charge in [-0.3, -0.25) is 0 Å². The largest absolute Gasteiger partial charge is 0.303 e. The number of aldehydes is 1. The van der Waals surface area contributed by atoms with E-state index in [2.05, 4.69) is 0 Å². The van der Waals surface area contributed by atoms with Gasteiger partial charge in [-0.2, -0.15) is 0 Å². The average molecular weight is 98.1 g/mol. The Bertz CT molecular complexity index is 64.6. The minimum Gasteiger partial charge on any atom is -0.303 e. The molecule has 0 aromatic rings. The average Bonchev–Trinajstić information content (AvgIpc) is 1.69. The van der Waals surface area contributed by atoms with Crippen LogP contribution in [0, 0.1) is 0 Å². The van der Waals surface area contributed by atoms with E-state index in [4.69, 9.17) is 0 Å². The SMILES string of the molecule is CC/C=C/CC=O. The maximum Gasteiger partial charge on any atom is 0.123 e. The highest BCUT2D eigenvalue weighted by atomic mass is 16.1. The van der Waals surface area contributed by atoms with Gasteiger partial charge in [-0.05, 0) is 6.42 Å². The summed E-state index contributed by atoms with van der Waals surface area (Å²) in [4.78, 5) is 9.63. The first-order valence-electron chi connectivity index (χ1n) is 2.50. The topological polar surface area (TPSA) is 17.1 Å². The number of carbonyl (C=O) groups excluding carboxylic acids is 1. The Labute approximate surface area is 44.0 Å². The maximum absolute atomic E-state index is 9.63. The first-order valence-corrected chi connectivity index (χ1v) is 2.50. The summed E-state index contributed by atoms with van der Waals surface area (Å²) in [6.45, 7) is 2.04. The number of hydrogen-bond acceptors (Lipinski definition) is 1. The third-order valence-corrected chi connectivity index (χ3v) is 0.635. The molecule has 0 saturated carbocycles. The summed E-state index contributed by atoms with van der Waals surface area (Å²) < 4.78 is 0. The summed E-state index contributed by atoms with van der Waals surface area (Å²) >= 11 is 0. The molecule has 0 atom stereocenters. The summed E-state index contributed by atoms with van der Waals surface area (Å²) in [6, 6.07) is 0. The van der Waals surface area contributed by atoms with Gasteiger partial charge in [-0.25, -0.2) is 0 Å². The highest BCUT2D eigenvalue weighted by Gasteiger charge is 1.67. The van der Waals surface area contributed by atoms with Crippen molar-refractivity contribution in [2.45, 2.75) is 19.8 Å². The van der Waals surface area contributed by atoms with Gasteiger partial charge in [0.1, 0.15) is 6.29 Å². The van der Waals surface area contributed by atoms with Crippen LogP contribution in [0.25, 0.3) is 0 Å². The minimum atomic E-state index is 0.563. The zero-order valence-electron chi connectivity index (χ0n) is 4.55. The predicted octanol–water partition coefficient (Wildman–Crippen LogP) is 1.54. The Balaban J connectivity index is 2.92. The van der Waals surface area contributed by atoms with Crippen molar-refractivity contribution < 1.29 is 4.79 Å². The molecule has 0 bridgehead atoms. The molecule has 0 radical (unpaired) electrons. The quantitative estimate of drug-likeness (QED) is 0.386. The molecule has 0 amide bonds. The van der Waals surface area contributed by atoms with Gasteiger partial charge in [-0.1, -0.05) is 19.1 Å². The van der Waals surface area contributed by atoms with E-state index in [1.807, 2.05) is 19.1 Å². The summed E-state index contributed by atoms with van der Waals surface area (Å²) in [5.41, 5.74) is 0.